The molecular formula is C90H144O16. The Morgan fingerprint density at radius 1 is 0.519 bits per heavy atom. The van der Waals surface area contributed by atoms with Crippen molar-refractivity contribution in [3.8, 4) is 0 Å². The highest BCUT2D eigenvalue weighted by Gasteiger charge is 2.69. The third-order valence-electron chi connectivity index (χ3n) is 29.1. The second-order valence-electron chi connectivity index (χ2n) is 36.4. The maximum atomic E-state index is 11.5. The van der Waals surface area contributed by atoms with Crippen molar-refractivity contribution in [1.29, 1.82) is 0 Å². The Labute approximate surface area is 640 Å². The van der Waals surface area contributed by atoms with Gasteiger partial charge in [-0.2, -0.15) is 0 Å². The lowest BCUT2D eigenvalue weighted by Gasteiger charge is -2.42. The fraction of sp³-hybridized carbons (Fsp3) is 0.844. The molecule has 8 unspecified atom stereocenters. The Bertz CT molecular complexity index is 3010. The van der Waals surface area contributed by atoms with Gasteiger partial charge in [-0.3, -0.25) is 0 Å². The van der Waals surface area contributed by atoms with Crippen LogP contribution in [0.25, 0.3) is 0 Å². The first-order chi connectivity index (χ1) is 49.9. The van der Waals surface area contributed by atoms with Crippen LogP contribution in [0.3, 0.4) is 0 Å². The molecule has 2 N–H and O–H groups in total. The Balaban J connectivity index is 0.000000195. The van der Waals surface area contributed by atoms with Gasteiger partial charge in [0.1, 0.15) is 36.6 Å². The van der Waals surface area contributed by atoms with E-state index in [4.69, 9.17) is 66.3 Å². The summed E-state index contributed by atoms with van der Waals surface area (Å²) in [7, 11) is 0. The van der Waals surface area contributed by atoms with Gasteiger partial charge in [-0.1, -0.05) is 148 Å². The molecular weight excluding hydrogens is 1340 g/mol. The third kappa shape index (κ3) is 17.4. The average Bonchev–Trinajstić information content (AvgIpc) is 1.56. The lowest BCUT2D eigenvalue weighted by Crippen LogP contribution is -2.54. The smallest absolute Gasteiger partial charge is 0.172 e. The minimum absolute atomic E-state index is 0. The van der Waals surface area contributed by atoms with Crippen molar-refractivity contribution in [2.24, 2.45) is 59.2 Å². The van der Waals surface area contributed by atoms with Crippen LogP contribution in [-0.4, -0.2) is 180 Å². The molecule has 16 saturated heterocycles. The molecule has 38 atom stereocenters. The molecule has 0 aromatic carbocycles. The number of fused-ring (bicyclic) bond motifs is 6. The van der Waals surface area contributed by atoms with Crippen LogP contribution in [0.15, 0.2) is 86.1 Å². The van der Waals surface area contributed by atoms with Crippen LogP contribution >= 0.6 is 0 Å². The quantitative estimate of drug-likeness (QED) is 0.110. The molecule has 0 radical (unpaired) electrons. The van der Waals surface area contributed by atoms with E-state index in [1.165, 1.54) is 22.3 Å². The maximum Gasteiger partial charge on any atom is 0.172 e. The summed E-state index contributed by atoms with van der Waals surface area (Å²) in [5.41, 5.74) is 4.74. The molecule has 17 heterocycles. The Morgan fingerprint density at radius 2 is 1.16 bits per heavy atom. The van der Waals surface area contributed by atoms with Gasteiger partial charge in [0.15, 0.2) is 11.6 Å². The summed E-state index contributed by atoms with van der Waals surface area (Å²) >= 11 is 0. The van der Waals surface area contributed by atoms with Gasteiger partial charge in [-0.25, -0.2) is 0 Å². The lowest BCUT2D eigenvalue weighted by molar-refractivity contribution is -0.263. The Morgan fingerprint density at radius 3 is 1.90 bits per heavy atom. The predicted molar refractivity (Wildman–Crippen MR) is 415 cm³/mol. The van der Waals surface area contributed by atoms with Gasteiger partial charge in [0, 0.05) is 50.4 Å². The summed E-state index contributed by atoms with van der Waals surface area (Å²) in [5.74, 6) is 2.37. The van der Waals surface area contributed by atoms with E-state index in [1.54, 1.807) is 0 Å². The molecule has 1 spiro atoms. The lowest BCUT2D eigenvalue weighted by atomic mass is 9.78. The van der Waals surface area contributed by atoms with Crippen LogP contribution in [-0.2, 0) is 66.3 Å². The number of aliphatic hydroxyl groups excluding tert-OH is 2. The van der Waals surface area contributed by atoms with Crippen LogP contribution in [0, 0.1) is 59.2 Å². The van der Waals surface area contributed by atoms with E-state index >= 15 is 0 Å². The molecule has 16 fully saturated rings. The van der Waals surface area contributed by atoms with Gasteiger partial charge < -0.3 is 76.5 Å². The molecule has 0 saturated carbocycles. The van der Waals surface area contributed by atoms with Crippen molar-refractivity contribution in [2.45, 2.75) is 421 Å². The predicted octanol–water partition coefficient (Wildman–Crippen LogP) is 17.3. The molecule has 16 heteroatoms. The topological polar surface area (TPSA) is 170 Å². The molecule has 17 bridgehead atoms. The van der Waals surface area contributed by atoms with E-state index in [2.05, 4.69) is 121 Å². The number of ether oxygens (including phenoxy) is 14. The van der Waals surface area contributed by atoms with E-state index in [0.29, 0.717) is 48.3 Å². The minimum Gasteiger partial charge on any atom is -0.393 e. The molecule has 600 valence electrons. The van der Waals surface area contributed by atoms with Crippen LogP contribution in [0.5, 0.6) is 0 Å². The molecule has 0 aromatic heterocycles. The van der Waals surface area contributed by atoms with Crippen molar-refractivity contribution in [3.05, 3.63) is 86.1 Å². The summed E-state index contributed by atoms with van der Waals surface area (Å²) in [6, 6.07) is 0. The van der Waals surface area contributed by atoms with E-state index in [0.717, 1.165) is 154 Å². The van der Waals surface area contributed by atoms with Crippen molar-refractivity contribution in [3.63, 3.8) is 0 Å². The normalized spacial score (nSPS) is 49.0. The molecule has 0 aromatic rings. The zero-order valence-corrected chi connectivity index (χ0v) is 65.3. The minimum atomic E-state index is -0.650. The second kappa shape index (κ2) is 35.1. The first-order valence-electron chi connectivity index (χ1n) is 42.1. The Hall–Kier alpha value is -2.46. The standard InChI is InChI=1S/C45H70O8.C43H66O8.2CH4/c1-10-13-31(46)22-34-29(8)37(19-25(4)12-3)49-39(34)23-38-28(7)26(5)20-32(48-38)15-16-35-27(6)21-33(47-35)17-18-45-24-40-42(53-45)44-43(51-40)41(52-45)30(9)36(50-44)14-11-2;1-8-23(2)17-35-27(6)32-20-29(44)11-9-10-12-34-28(7)39-41-42(48-34)40-38(49-41)22-43(50-39,51-40)16-15-31-19-25(4)33(45-31)14-13-30-18-24(3)26(5)36(46-30)21-37(32)47-35;;/h10-11,25-26,29-44,46H,1-2,6-7,12-24H2,3-5,8-9H3;9-10,23-24,27-42,44H,4-5,8,11-22H2,1-3,6-7H3;2*1H4/b;10-9+;;/t25-,26-,29-,30?,31?,32+,33+,34-,35?,36+,37-,38-,39?,40-,41+,42+,43+,44+,45-;23-,24-,27-,28?,29?,30+,31+,32-,33?,34+,35-,36-,37?,38-,39+,40+,41+,42+,43-;;/m11../s1. The zero-order valence-electron chi connectivity index (χ0n) is 65.3. The second-order valence-corrected chi connectivity index (χ2v) is 36.4. The monoisotopic (exact) mass is 1480 g/mol. The van der Waals surface area contributed by atoms with E-state index in [9.17, 15) is 10.2 Å². The summed E-state index contributed by atoms with van der Waals surface area (Å²) in [5, 5.41) is 22.3. The summed E-state index contributed by atoms with van der Waals surface area (Å²) < 4.78 is 94.7. The fourth-order valence-electron chi connectivity index (χ4n) is 22.1. The van der Waals surface area contributed by atoms with Crippen molar-refractivity contribution in [1.82, 2.24) is 0 Å². The zero-order chi connectivity index (χ0) is 73.2. The fourth-order valence-corrected chi connectivity index (χ4v) is 22.1. The SMILES string of the molecule is C.C.C=C1C[C@@H]2CC[C@@]34C[C@H]5O[C@@H]6[C@@H](O[C@@H](C/C=C/CC(O)C[C@H]7C(C[C@H]8O[C@@H](CCC1O2)C[C@@H](C)C8=C)O[C@H](C[C@H](C)CC)[C@@H]7C)C(C)[C@@H]6O3)[C@H]5O4.C=CCC(O)C[C@H]1C(C[C@H]2O[C@@H](CCC3O[C@@H](CC[C@@]45C[C@H]6O[C@@H]7[C@@H](O[C@@H](CC=C)C(C)[C@@H]7O4)[C@H]6O5)CC3=C)C[C@@H](C)C2=C)O[C@H](C[C@H](C)CC)[C@@H]1C. The highest BCUT2D eigenvalue weighted by molar-refractivity contribution is 5.18. The number of hydrogen-bond donors (Lipinski definition) is 2. The number of aliphatic hydroxyl groups is 2. The molecule has 106 heavy (non-hydrogen) atoms. The molecule has 0 amide bonds. The van der Waals surface area contributed by atoms with E-state index in [1.807, 2.05) is 12.2 Å². The van der Waals surface area contributed by atoms with Crippen LogP contribution in [0.1, 0.15) is 251 Å². The van der Waals surface area contributed by atoms with Crippen LogP contribution in [0.2, 0.25) is 0 Å². The van der Waals surface area contributed by atoms with Crippen molar-refractivity contribution >= 4 is 0 Å². The van der Waals surface area contributed by atoms with Gasteiger partial charge in [0.05, 0.1) is 122 Å². The van der Waals surface area contributed by atoms with Crippen molar-refractivity contribution in [2.75, 3.05) is 0 Å². The summed E-state index contributed by atoms with van der Waals surface area (Å²) in [4.78, 5) is 0. The van der Waals surface area contributed by atoms with E-state index < -0.39 is 23.8 Å². The van der Waals surface area contributed by atoms with Crippen LogP contribution < -0.4 is 0 Å². The maximum absolute atomic E-state index is 11.5. The molecule has 17 aliphatic rings. The first kappa shape index (κ1) is 83.0. The molecule has 0 aliphatic carbocycles. The summed E-state index contributed by atoms with van der Waals surface area (Å²) in [6.07, 6.45) is 30.4. The Kier molecular flexibility index (Phi) is 27.5. The largest absolute Gasteiger partial charge is 0.393 e. The number of hydrogen-bond acceptors (Lipinski definition) is 16. The first-order valence-corrected chi connectivity index (χ1v) is 42.1. The molecule has 17 rings (SSSR count). The van der Waals surface area contributed by atoms with Gasteiger partial charge in [0.25, 0.3) is 0 Å². The van der Waals surface area contributed by atoms with Gasteiger partial charge in [-0.15, -0.1) is 13.2 Å². The van der Waals surface area contributed by atoms with Crippen LogP contribution in [0.4, 0.5) is 0 Å². The highest BCUT2D eigenvalue weighted by atomic mass is 16.8. The van der Waals surface area contributed by atoms with Gasteiger partial charge in [0.2, 0.25) is 0 Å². The summed E-state index contributed by atoms with van der Waals surface area (Å²) in [6.45, 7) is 48.7. The molecule has 17 aliphatic heterocycles. The molecule has 16 nitrogen and oxygen atoms in total. The highest BCUT2D eigenvalue weighted by Crippen LogP contribution is 2.57. The van der Waals surface area contributed by atoms with Gasteiger partial charge >= 0.3 is 0 Å². The van der Waals surface area contributed by atoms with E-state index in [-0.39, 0.29) is 185 Å². The average molecular weight is 1480 g/mol. The van der Waals surface area contributed by atoms with Crippen molar-refractivity contribution < 1.29 is 76.5 Å². The number of rotatable bonds is 20. The van der Waals surface area contributed by atoms with Gasteiger partial charge in [-0.05, 0) is 185 Å². The third-order valence-corrected chi connectivity index (χ3v) is 29.1.